The second-order valence-corrected chi connectivity index (χ2v) is 6.84. The number of hydrogen-bond donors (Lipinski definition) is 0. The lowest BCUT2D eigenvalue weighted by Crippen LogP contribution is -2.35. The number of halogens is 1. The quantitative estimate of drug-likeness (QED) is 0.724. The van der Waals surface area contributed by atoms with E-state index in [1.807, 2.05) is 19.1 Å². The fourth-order valence-corrected chi connectivity index (χ4v) is 3.49. The maximum Gasteiger partial charge on any atom is 0.305 e. The third-order valence-corrected chi connectivity index (χ3v) is 4.70. The van der Waals surface area contributed by atoms with Gasteiger partial charge in [-0.05, 0) is 37.3 Å². The summed E-state index contributed by atoms with van der Waals surface area (Å²) in [5.41, 5.74) is 3.41. The Labute approximate surface area is 153 Å². The van der Waals surface area contributed by atoms with Crippen molar-refractivity contribution in [3.63, 3.8) is 0 Å². The summed E-state index contributed by atoms with van der Waals surface area (Å²) in [5.74, 6) is 0.265. The van der Waals surface area contributed by atoms with Crippen LogP contribution in [0.1, 0.15) is 31.0 Å². The summed E-state index contributed by atoms with van der Waals surface area (Å²) in [6.45, 7) is 3.98. The van der Waals surface area contributed by atoms with Gasteiger partial charge in [0.05, 0.1) is 23.0 Å². The zero-order chi connectivity index (χ0) is 17.6. The van der Waals surface area contributed by atoms with Crippen LogP contribution in [-0.2, 0) is 22.5 Å². The molecule has 25 heavy (non-hydrogen) atoms. The van der Waals surface area contributed by atoms with Crippen molar-refractivity contribution in [3.8, 4) is 0 Å². The molecule has 0 spiro atoms. The van der Waals surface area contributed by atoms with Gasteiger partial charge in [-0.3, -0.25) is 9.78 Å². The topological polar surface area (TPSA) is 42.4 Å². The summed E-state index contributed by atoms with van der Waals surface area (Å²) in [5, 5.41) is 0.654. The van der Waals surface area contributed by atoms with Crippen molar-refractivity contribution in [1.82, 2.24) is 4.98 Å². The number of carbonyl (C=O) groups excluding carboxylic acids is 1. The minimum Gasteiger partial charge on any atom is -0.466 e. The van der Waals surface area contributed by atoms with Gasteiger partial charge >= 0.3 is 5.97 Å². The number of hydrogen-bond acceptors (Lipinski definition) is 4. The number of esters is 1. The molecule has 0 amide bonds. The van der Waals surface area contributed by atoms with E-state index in [1.54, 1.807) is 6.20 Å². The second kappa shape index (κ2) is 8.34. The number of fused-ring (bicyclic) bond motifs is 1. The van der Waals surface area contributed by atoms with Crippen LogP contribution in [0.4, 0.5) is 5.69 Å². The van der Waals surface area contributed by atoms with Gasteiger partial charge in [0.1, 0.15) is 0 Å². The van der Waals surface area contributed by atoms with Crippen LogP contribution in [0.3, 0.4) is 0 Å². The minimum absolute atomic E-state index is 0.119. The van der Waals surface area contributed by atoms with Gasteiger partial charge in [-0.2, -0.15) is 0 Å². The zero-order valence-electron chi connectivity index (χ0n) is 14.5. The van der Waals surface area contributed by atoms with E-state index in [2.05, 4.69) is 34.1 Å². The largest absolute Gasteiger partial charge is 0.466 e. The van der Waals surface area contributed by atoms with E-state index >= 15 is 0 Å². The molecule has 1 aliphatic rings. The average molecular weight is 359 g/mol. The number of carbonyl (C=O) groups is 1. The molecular weight excluding hydrogens is 336 g/mol. The van der Waals surface area contributed by atoms with Gasteiger partial charge in [-0.15, -0.1) is 0 Å². The number of ether oxygens (including phenoxy) is 1. The highest BCUT2D eigenvalue weighted by molar-refractivity contribution is 6.30. The van der Waals surface area contributed by atoms with Crippen molar-refractivity contribution >= 4 is 23.3 Å². The molecular formula is C20H23ClN2O2. The van der Waals surface area contributed by atoms with E-state index in [4.69, 9.17) is 16.3 Å². The third-order valence-electron chi connectivity index (χ3n) is 4.49. The maximum absolute atomic E-state index is 11.7. The van der Waals surface area contributed by atoms with E-state index in [1.165, 1.54) is 5.56 Å². The van der Waals surface area contributed by atoms with Gasteiger partial charge in [0.2, 0.25) is 0 Å². The predicted molar refractivity (Wildman–Crippen MR) is 99.8 cm³/mol. The molecule has 4 nitrogen and oxygen atoms in total. The van der Waals surface area contributed by atoms with E-state index < -0.39 is 0 Å². The molecule has 0 fully saturated rings. The zero-order valence-corrected chi connectivity index (χ0v) is 15.2. The van der Waals surface area contributed by atoms with E-state index in [0.29, 0.717) is 24.0 Å². The van der Waals surface area contributed by atoms with Crippen LogP contribution in [0.25, 0.3) is 0 Å². The van der Waals surface area contributed by atoms with Crippen molar-refractivity contribution < 1.29 is 9.53 Å². The highest BCUT2D eigenvalue weighted by atomic mass is 35.5. The SMILES string of the molecule is CCOC(=O)CCC1Cc2ncc(Cl)cc2N(Cc2ccccc2)C1. The molecule has 0 aliphatic carbocycles. The third kappa shape index (κ3) is 4.73. The van der Waals surface area contributed by atoms with Crippen LogP contribution in [0, 0.1) is 5.92 Å². The normalized spacial score (nSPS) is 16.4. The number of aromatic nitrogens is 1. The lowest BCUT2D eigenvalue weighted by atomic mass is 9.91. The number of rotatable bonds is 6. The van der Waals surface area contributed by atoms with E-state index in [-0.39, 0.29) is 5.97 Å². The van der Waals surface area contributed by atoms with Crippen molar-refractivity contribution in [1.29, 1.82) is 0 Å². The van der Waals surface area contributed by atoms with Crippen LogP contribution in [0.5, 0.6) is 0 Å². The number of nitrogens with zero attached hydrogens (tertiary/aromatic N) is 2. The molecule has 1 atom stereocenters. The van der Waals surface area contributed by atoms with Crippen LogP contribution in [0.15, 0.2) is 42.6 Å². The van der Waals surface area contributed by atoms with E-state index in [0.717, 1.165) is 37.3 Å². The first-order valence-corrected chi connectivity index (χ1v) is 9.12. The Hall–Kier alpha value is -2.07. The smallest absolute Gasteiger partial charge is 0.305 e. The van der Waals surface area contributed by atoms with Crippen molar-refractivity contribution in [2.75, 3.05) is 18.1 Å². The minimum atomic E-state index is -0.119. The van der Waals surface area contributed by atoms with Gasteiger partial charge in [0, 0.05) is 25.7 Å². The summed E-state index contributed by atoms with van der Waals surface area (Å²) >= 11 is 6.17. The van der Waals surface area contributed by atoms with Crippen molar-refractivity contribution in [2.24, 2.45) is 5.92 Å². The molecule has 1 aromatic heterocycles. The molecule has 2 heterocycles. The Balaban J connectivity index is 1.75. The molecule has 0 radical (unpaired) electrons. The van der Waals surface area contributed by atoms with Crippen LogP contribution in [0.2, 0.25) is 5.02 Å². The average Bonchev–Trinajstić information content (AvgIpc) is 2.61. The molecule has 5 heteroatoms. The Morgan fingerprint density at radius 3 is 2.92 bits per heavy atom. The van der Waals surface area contributed by atoms with Gasteiger partial charge in [0.15, 0.2) is 0 Å². The molecule has 0 bridgehead atoms. The van der Waals surface area contributed by atoms with Crippen LogP contribution in [-0.4, -0.2) is 24.1 Å². The Morgan fingerprint density at radius 2 is 2.16 bits per heavy atom. The first-order chi connectivity index (χ1) is 12.2. The summed E-state index contributed by atoms with van der Waals surface area (Å²) < 4.78 is 5.06. The van der Waals surface area contributed by atoms with Gasteiger partial charge < -0.3 is 9.64 Å². The lowest BCUT2D eigenvalue weighted by molar-refractivity contribution is -0.143. The first-order valence-electron chi connectivity index (χ1n) is 8.74. The molecule has 3 rings (SSSR count). The fraction of sp³-hybridized carbons (Fsp3) is 0.400. The Kier molecular flexibility index (Phi) is 5.92. The lowest BCUT2D eigenvalue weighted by Gasteiger charge is -2.35. The molecule has 1 unspecified atom stereocenters. The van der Waals surface area contributed by atoms with Gasteiger partial charge in [-0.1, -0.05) is 41.9 Å². The molecule has 0 saturated heterocycles. The number of benzene rings is 1. The summed E-state index contributed by atoms with van der Waals surface area (Å²) in [7, 11) is 0. The maximum atomic E-state index is 11.7. The van der Waals surface area contributed by atoms with Crippen molar-refractivity contribution in [2.45, 2.75) is 32.7 Å². The summed E-state index contributed by atoms with van der Waals surface area (Å²) in [4.78, 5) is 18.5. The molecule has 0 N–H and O–H groups in total. The monoisotopic (exact) mass is 358 g/mol. The van der Waals surface area contributed by atoms with Crippen molar-refractivity contribution in [3.05, 3.63) is 58.9 Å². The predicted octanol–water partition coefficient (Wildman–Crippen LogP) is 4.26. The molecule has 1 aliphatic heterocycles. The van der Waals surface area contributed by atoms with Gasteiger partial charge in [0.25, 0.3) is 0 Å². The van der Waals surface area contributed by atoms with Crippen LogP contribution >= 0.6 is 11.6 Å². The van der Waals surface area contributed by atoms with Gasteiger partial charge in [-0.25, -0.2) is 0 Å². The second-order valence-electron chi connectivity index (χ2n) is 6.40. The summed E-state index contributed by atoms with van der Waals surface area (Å²) in [6, 6.07) is 12.4. The van der Waals surface area contributed by atoms with E-state index in [9.17, 15) is 4.79 Å². The molecule has 132 valence electrons. The van der Waals surface area contributed by atoms with Crippen LogP contribution < -0.4 is 4.90 Å². The Morgan fingerprint density at radius 1 is 1.36 bits per heavy atom. The number of pyridine rings is 1. The molecule has 1 aromatic carbocycles. The Bertz CT molecular complexity index is 721. The highest BCUT2D eigenvalue weighted by Crippen LogP contribution is 2.33. The first kappa shape index (κ1) is 17.7. The molecule has 2 aromatic rings. The summed E-state index contributed by atoms with van der Waals surface area (Å²) in [6.07, 6.45) is 3.85. The highest BCUT2D eigenvalue weighted by Gasteiger charge is 2.26. The number of anilines is 1. The fourth-order valence-electron chi connectivity index (χ4n) is 3.34. The molecule has 0 saturated carbocycles. The standard InChI is InChI=1S/C20H23ClN2O2/c1-2-25-20(24)9-8-16-10-18-19(11-17(21)12-22-18)23(14-16)13-15-6-4-3-5-7-15/h3-7,11-12,16H,2,8-10,13-14H2,1H3.